The molecule has 0 aliphatic rings. The van der Waals surface area contributed by atoms with Crippen molar-refractivity contribution in [2.24, 2.45) is 0 Å². The largest absolute Gasteiger partial charge is 0.475 e. The minimum absolute atomic E-state index is 0.106. The molecule has 146 valence electrons. The van der Waals surface area contributed by atoms with Gasteiger partial charge in [-0.25, -0.2) is 9.97 Å². The van der Waals surface area contributed by atoms with Crippen molar-refractivity contribution in [2.75, 3.05) is 0 Å². The van der Waals surface area contributed by atoms with Crippen LogP contribution < -0.4 is 4.74 Å². The minimum atomic E-state index is 0.106. The van der Waals surface area contributed by atoms with Crippen molar-refractivity contribution in [3.63, 3.8) is 0 Å². The van der Waals surface area contributed by atoms with E-state index in [1.165, 1.54) is 0 Å². The third-order valence-electron chi connectivity index (χ3n) is 4.44. The smallest absolute Gasteiger partial charge is 0.214 e. The van der Waals surface area contributed by atoms with Crippen molar-refractivity contribution < 1.29 is 4.74 Å². The normalized spacial score (nSPS) is 11.0. The average molecular weight is 402 g/mol. The summed E-state index contributed by atoms with van der Waals surface area (Å²) in [6.45, 7) is 6.01. The zero-order chi connectivity index (χ0) is 20.2. The second kappa shape index (κ2) is 8.53. The summed E-state index contributed by atoms with van der Waals surface area (Å²) >= 11 is 1.68. The van der Waals surface area contributed by atoms with Crippen LogP contribution in [0.15, 0.2) is 66.2 Å². The Bertz CT molecular complexity index is 1100. The highest BCUT2D eigenvalue weighted by Gasteiger charge is 2.08. The van der Waals surface area contributed by atoms with Gasteiger partial charge in [-0.05, 0) is 50.1 Å². The molecule has 0 unspecified atom stereocenters. The van der Waals surface area contributed by atoms with Crippen LogP contribution in [0.4, 0.5) is 0 Å². The number of pyridine rings is 2. The van der Waals surface area contributed by atoms with Crippen molar-refractivity contribution >= 4 is 11.3 Å². The van der Waals surface area contributed by atoms with E-state index in [2.05, 4.69) is 45.7 Å². The monoisotopic (exact) mass is 401 g/mol. The van der Waals surface area contributed by atoms with Crippen LogP contribution in [0, 0.1) is 6.92 Å². The molecule has 0 amide bonds. The molecular weight excluding hydrogens is 378 g/mol. The topological polar surface area (TPSA) is 47.9 Å². The van der Waals surface area contributed by atoms with E-state index in [1.54, 1.807) is 17.5 Å². The van der Waals surface area contributed by atoms with Gasteiger partial charge in [-0.3, -0.25) is 4.98 Å². The molecule has 0 aliphatic heterocycles. The number of nitrogens with zero attached hydrogens (tertiary/aromatic N) is 3. The van der Waals surface area contributed by atoms with Gasteiger partial charge >= 0.3 is 0 Å². The quantitative estimate of drug-likeness (QED) is 0.400. The van der Waals surface area contributed by atoms with Gasteiger partial charge in [0, 0.05) is 41.0 Å². The van der Waals surface area contributed by atoms with Gasteiger partial charge in [0.15, 0.2) is 0 Å². The molecule has 4 nitrogen and oxygen atoms in total. The number of hydrogen-bond acceptors (Lipinski definition) is 5. The number of aromatic nitrogens is 3. The Kier molecular flexibility index (Phi) is 5.67. The Balaban J connectivity index is 1.51. The van der Waals surface area contributed by atoms with Crippen LogP contribution in [-0.4, -0.2) is 21.1 Å². The summed E-state index contributed by atoms with van der Waals surface area (Å²) in [5.74, 6) is 0.649. The fourth-order valence-electron chi connectivity index (χ4n) is 3.11. The number of hydrogen-bond donors (Lipinski definition) is 0. The molecule has 1 aromatic carbocycles. The van der Waals surface area contributed by atoms with Gasteiger partial charge in [-0.2, -0.15) is 0 Å². The van der Waals surface area contributed by atoms with Crippen molar-refractivity contribution in [3.8, 4) is 28.3 Å². The third-order valence-corrected chi connectivity index (χ3v) is 5.28. The summed E-state index contributed by atoms with van der Waals surface area (Å²) in [6.07, 6.45) is 2.65. The highest BCUT2D eigenvalue weighted by Crippen LogP contribution is 2.28. The number of thiazole rings is 1. The molecule has 3 aromatic heterocycles. The molecule has 5 heteroatoms. The average Bonchev–Trinajstić information content (AvgIpc) is 3.16. The van der Waals surface area contributed by atoms with Crippen LogP contribution in [0.5, 0.6) is 5.88 Å². The lowest BCUT2D eigenvalue weighted by atomic mass is 10.0. The number of benzene rings is 1. The van der Waals surface area contributed by atoms with Gasteiger partial charge in [0.1, 0.15) is 0 Å². The van der Waals surface area contributed by atoms with E-state index < -0.39 is 0 Å². The molecule has 0 N–H and O–H groups in total. The van der Waals surface area contributed by atoms with E-state index in [9.17, 15) is 0 Å². The van der Waals surface area contributed by atoms with Gasteiger partial charge in [0.05, 0.1) is 16.8 Å². The number of rotatable bonds is 6. The Labute approximate surface area is 175 Å². The molecule has 0 atom stereocenters. The SMILES string of the molecule is Cc1cccc(Cc2nc(-c3ccc(-c4ccnc(OC(C)C)c4)cc3)cs2)n1. The summed E-state index contributed by atoms with van der Waals surface area (Å²) in [7, 11) is 0. The highest BCUT2D eigenvalue weighted by molar-refractivity contribution is 7.10. The molecule has 0 fully saturated rings. The molecule has 0 saturated heterocycles. The minimum Gasteiger partial charge on any atom is -0.475 e. The van der Waals surface area contributed by atoms with Gasteiger partial charge in [0.2, 0.25) is 5.88 Å². The lowest BCUT2D eigenvalue weighted by molar-refractivity contribution is 0.233. The maximum atomic E-state index is 5.70. The van der Waals surface area contributed by atoms with Crippen molar-refractivity contribution in [2.45, 2.75) is 33.3 Å². The Hall–Kier alpha value is -3.05. The van der Waals surface area contributed by atoms with E-state index in [4.69, 9.17) is 9.72 Å². The van der Waals surface area contributed by atoms with E-state index >= 15 is 0 Å². The van der Waals surface area contributed by atoms with Crippen LogP contribution >= 0.6 is 11.3 Å². The fraction of sp³-hybridized carbons (Fsp3) is 0.208. The summed E-state index contributed by atoms with van der Waals surface area (Å²) in [5.41, 5.74) is 6.42. The molecule has 0 spiro atoms. The summed E-state index contributed by atoms with van der Waals surface area (Å²) < 4.78 is 5.70. The molecule has 0 radical (unpaired) electrons. The van der Waals surface area contributed by atoms with Crippen LogP contribution in [0.3, 0.4) is 0 Å². The molecule has 29 heavy (non-hydrogen) atoms. The highest BCUT2D eigenvalue weighted by atomic mass is 32.1. The maximum Gasteiger partial charge on any atom is 0.214 e. The second-order valence-electron chi connectivity index (χ2n) is 7.20. The van der Waals surface area contributed by atoms with Gasteiger partial charge in [-0.1, -0.05) is 30.3 Å². The molecule has 4 aromatic rings. The first-order chi connectivity index (χ1) is 14.1. The molecule has 4 rings (SSSR count). The standard InChI is InChI=1S/C24H23N3OS/c1-16(2)28-23-13-20(11-12-25-23)18-7-9-19(10-8-18)22-15-29-24(27-22)14-21-6-4-5-17(3)26-21/h4-13,15-16H,14H2,1-3H3. The Morgan fingerprint density at radius 3 is 2.48 bits per heavy atom. The van der Waals surface area contributed by atoms with Crippen LogP contribution in [0.1, 0.15) is 30.2 Å². The van der Waals surface area contributed by atoms with Crippen LogP contribution in [-0.2, 0) is 6.42 Å². The molecule has 0 bridgehead atoms. The number of ether oxygens (including phenoxy) is 1. The van der Waals surface area contributed by atoms with Crippen LogP contribution in [0.2, 0.25) is 0 Å². The van der Waals surface area contributed by atoms with Crippen molar-refractivity contribution in [3.05, 3.63) is 82.6 Å². The van der Waals surface area contributed by atoms with E-state index in [1.807, 2.05) is 45.0 Å². The van der Waals surface area contributed by atoms with Gasteiger partial charge < -0.3 is 4.74 Å². The number of aryl methyl sites for hydroxylation is 1. The molecular formula is C24H23N3OS. The third kappa shape index (κ3) is 4.87. The molecule has 0 saturated carbocycles. The predicted octanol–water partition coefficient (Wildman–Crippen LogP) is 5.95. The first kappa shape index (κ1) is 19.3. The van der Waals surface area contributed by atoms with E-state index in [0.717, 1.165) is 45.2 Å². The second-order valence-corrected chi connectivity index (χ2v) is 8.14. The first-order valence-electron chi connectivity index (χ1n) is 9.67. The Morgan fingerprint density at radius 2 is 1.72 bits per heavy atom. The van der Waals surface area contributed by atoms with E-state index in [0.29, 0.717) is 5.88 Å². The van der Waals surface area contributed by atoms with Gasteiger partial charge in [-0.15, -0.1) is 11.3 Å². The lowest BCUT2D eigenvalue weighted by Crippen LogP contribution is -2.06. The lowest BCUT2D eigenvalue weighted by Gasteiger charge is -2.10. The van der Waals surface area contributed by atoms with Gasteiger partial charge in [0.25, 0.3) is 0 Å². The van der Waals surface area contributed by atoms with Crippen molar-refractivity contribution in [1.82, 2.24) is 15.0 Å². The summed E-state index contributed by atoms with van der Waals surface area (Å²) in [5, 5.41) is 3.19. The summed E-state index contributed by atoms with van der Waals surface area (Å²) in [4.78, 5) is 13.7. The zero-order valence-electron chi connectivity index (χ0n) is 16.8. The predicted molar refractivity (Wildman–Crippen MR) is 118 cm³/mol. The molecule has 0 aliphatic carbocycles. The Morgan fingerprint density at radius 1 is 0.931 bits per heavy atom. The first-order valence-corrected chi connectivity index (χ1v) is 10.6. The van der Waals surface area contributed by atoms with Crippen molar-refractivity contribution in [1.29, 1.82) is 0 Å². The zero-order valence-corrected chi connectivity index (χ0v) is 17.6. The van der Waals surface area contributed by atoms with E-state index in [-0.39, 0.29) is 6.10 Å². The fourth-order valence-corrected chi connectivity index (χ4v) is 3.92. The molecule has 3 heterocycles. The maximum absolute atomic E-state index is 5.70. The summed E-state index contributed by atoms with van der Waals surface area (Å²) in [6, 6.07) is 18.5. The van der Waals surface area contributed by atoms with Crippen LogP contribution in [0.25, 0.3) is 22.4 Å².